The second-order valence-corrected chi connectivity index (χ2v) is 6.41. The van der Waals surface area contributed by atoms with Crippen molar-refractivity contribution in [2.24, 2.45) is 11.1 Å². The molecule has 1 saturated carbocycles. The van der Waals surface area contributed by atoms with Crippen molar-refractivity contribution in [2.45, 2.75) is 45.4 Å². The number of hydrogen-bond donors (Lipinski definition) is 2. The summed E-state index contributed by atoms with van der Waals surface area (Å²) in [6.07, 6.45) is 0.380. The first-order chi connectivity index (χ1) is 10.7. The SMILES string of the molecule is CCOC1CC(N)(C(=O)NCc2ccccc2[N+](=O)[O-])C1(C)C.Cl. The Kier molecular flexibility index (Phi) is 6.32. The van der Waals surface area contributed by atoms with Crippen molar-refractivity contribution in [2.75, 3.05) is 6.61 Å². The first kappa shape index (κ1) is 20.3. The minimum Gasteiger partial charge on any atom is -0.378 e. The lowest BCUT2D eigenvalue weighted by molar-refractivity contribution is -0.385. The van der Waals surface area contributed by atoms with Gasteiger partial charge in [0.1, 0.15) is 5.54 Å². The number of nitrogens with one attached hydrogen (secondary N) is 1. The van der Waals surface area contributed by atoms with Crippen LogP contribution in [0.25, 0.3) is 0 Å². The highest BCUT2D eigenvalue weighted by Gasteiger charge is 2.62. The second-order valence-electron chi connectivity index (χ2n) is 6.41. The maximum absolute atomic E-state index is 12.5. The zero-order valence-corrected chi connectivity index (χ0v) is 14.9. The van der Waals surface area contributed by atoms with Gasteiger partial charge >= 0.3 is 0 Å². The lowest BCUT2D eigenvalue weighted by Gasteiger charge is -2.57. The highest BCUT2D eigenvalue weighted by atomic mass is 35.5. The molecule has 1 aromatic rings. The van der Waals surface area contributed by atoms with Gasteiger partial charge < -0.3 is 15.8 Å². The molecule has 3 N–H and O–H groups in total. The molecule has 1 amide bonds. The molecule has 1 aliphatic carbocycles. The first-order valence-electron chi connectivity index (χ1n) is 7.65. The first-order valence-corrected chi connectivity index (χ1v) is 7.65. The molecule has 0 aliphatic heterocycles. The number of nitrogens with zero attached hydrogens (tertiary/aromatic N) is 1. The summed E-state index contributed by atoms with van der Waals surface area (Å²) in [6, 6.07) is 6.33. The van der Waals surface area contributed by atoms with E-state index in [1.165, 1.54) is 6.07 Å². The van der Waals surface area contributed by atoms with Crippen molar-refractivity contribution in [3.8, 4) is 0 Å². The summed E-state index contributed by atoms with van der Waals surface area (Å²) >= 11 is 0. The summed E-state index contributed by atoms with van der Waals surface area (Å²) in [7, 11) is 0. The third kappa shape index (κ3) is 3.38. The van der Waals surface area contributed by atoms with Crippen molar-refractivity contribution in [3.63, 3.8) is 0 Å². The molecule has 134 valence electrons. The van der Waals surface area contributed by atoms with Crippen molar-refractivity contribution in [1.82, 2.24) is 5.32 Å². The van der Waals surface area contributed by atoms with Gasteiger partial charge in [0.2, 0.25) is 5.91 Å². The number of nitro benzene ring substituents is 1. The number of para-hydroxylation sites is 1. The smallest absolute Gasteiger partial charge is 0.274 e. The summed E-state index contributed by atoms with van der Waals surface area (Å²) in [4.78, 5) is 23.0. The number of carbonyl (C=O) groups excluding carboxylic acids is 1. The Balaban J connectivity index is 0.00000288. The molecule has 8 heteroatoms. The number of halogens is 1. The number of hydrogen-bond acceptors (Lipinski definition) is 5. The Bertz CT molecular complexity index is 623. The van der Waals surface area contributed by atoms with E-state index in [2.05, 4.69) is 5.32 Å². The van der Waals surface area contributed by atoms with Crippen LogP contribution in [-0.2, 0) is 16.1 Å². The van der Waals surface area contributed by atoms with Crippen LogP contribution in [0.15, 0.2) is 24.3 Å². The third-order valence-corrected chi connectivity index (χ3v) is 4.86. The summed E-state index contributed by atoms with van der Waals surface area (Å²) in [5, 5.41) is 13.7. The number of carbonyl (C=O) groups is 1. The van der Waals surface area contributed by atoms with Crippen molar-refractivity contribution in [3.05, 3.63) is 39.9 Å². The lowest BCUT2D eigenvalue weighted by Crippen LogP contribution is -2.75. The van der Waals surface area contributed by atoms with Gasteiger partial charge in [-0.2, -0.15) is 0 Å². The third-order valence-electron chi connectivity index (χ3n) is 4.86. The van der Waals surface area contributed by atoms with E-state index in [0.717, 1.165) is 0 Å². The maximum atomic E-state index is 12.5. The highest BCUT2D eigenvalue weighted by molar-refractivity contribution is 5.88. The van der Waals surface area contributed by atoms with Crippen LogP contribution in [-0.4, -0.2) is 29.1 Å². The summed E-state index contributed by atoms with van der Waals surface area (Å²) in [5.41, 5.74) is 5.20. The van der Waals surface area contributed by atoms with E-state index >= 15 is 0 Å². The average Bonchev–Trinajstić information content (AvgIpc) is 2.52. The molecule has 1 fully saturated rings. The summed E-state index contributed by atoms with van der Waals surface area (Å²) in [6.45, 7) is 6.36. The summed E-state index contributed by atoms with van der Waals surface area (Å²) < 4.78 is 5.60. The van der Waals surface area contributed by atoms with Crippen LogP contribution in [0.5, 0.6) is 0 Å². The molecule has 2 atom stereocenters. The standard InChI is InChI=1S/C16H23N3O4.ClH/c1-4-23-13-9-16(17,15(13,2)3)14(20)18-10-11-7-5-6-8-12(11)19(21)22;/h5-8,13H,4,9-10,17H2,1-3H3,(H,18,20);1H. The topological polar surface area (TPSA) is 107 Å². The average molecular weight is 358 g/mol. The Hall–Kier alpha value is -1.70. The van der Waals surface area contributed by atoms with E-state index in [0.29, 0.717) is 18.6 Å². The van der Waals surface area contributed by atoms with E-state index in [9.17, 15) is 14.9 Å². The molecule has 0 radical (unpaired) electrons. The number of nitrogens with two attached hydrogens (primary N) is 1. The molecule has 0 aromatic heterocycles. The van der Waals surface area contributed by atoms with Crippen LogP contribution in [0.3, 0.4) is 0 Å². The maximum Gasteiger partial charge on any atom is 0.274 e. The van der Waals surface area contributed by atoms with Crippen LogP contribution < -0.4 is 11.1 Å². The number of rotatable bonds is 6. The molecule has 0 saturated heterocycles. The number of benzene rings is 1. The van der Waals surface area contributed by atoms with Crippen LogP contribution in [0.1, 0.15) is 32.8 Å². The predicted molar refractivity (Wildman–Crippen MR) is 92.9 cm³/mol. The second kappa shape index (κ2) is 7.46. The molecule has 7 nitrogen and oxygen atoms in total. The van der Waals surface area contributed by atoms with Crippen molar-refractivity contribution in [1.29, 1.82) is 0 Å². The normalized spacial score (nSPS) is 24.4. The molecule has 1 aromatic carbocycles. The van der Waals surface area contributed by atoms with Gasteiger partial charge in [-0.3, -0.25) is 14.9 Å². The van der Waals surface area contributed by atoms with Crippen LogP contribution >= 0.6 is 12.4 Å². The molecule has 1 aliphatic rings. The number of ether oxygens (including phenoxy) is 1. The van der Waals surface area contributed by atoms with Gasteiger partial charge in [-0.25, -0.2) is 0 Å². The van der Waals surface area contributed by atoms with E-state index in [1.807, 2.05) is 20.8 Å². The number of amides is 1. The fraction of sp³-hybridized carbons (Fsp3) is 0.562. The highest BCUT2D eigenvalue weighted by Crippen LogP contribution is 2.49. The van der Waals surface area contributed by atoms with Gasteiger partial charge in [0.05, 0.1) is 11.0 Å². The van der Waals surface area contributed by atoms with Gasteiger partial charge in [0.25, 0.3) is 5.69 Å². The van der Waals surface area contributed by atoms with Crippen molar-refractivity contribution < 1.29 is 14.5 Å². The van der Waals surface area contributed by atoms with Gasteiger partial charge in [-0.05, 0) is 6.92 Å². The molecular formula is C16H24ClN3O4. The lowest BCUT2D eigenvalue weighted by atomic mass is 9.54. The molecule has 0 bridgehead atoms. The monoisotopic (exact) mass is 357 g/mol. The molecule has 24 heavy (non-hydrogen) atoms. The minimum atomic E-state index is -1.03. The fourth-order valence-corrected chi connectivity index (χ4v) is 2.99. The Labute approximate surface area is 147 Å². The largest absolute Gasteiger partial charge is 0.378 e. The molecule has 2 rings (SSSR count). The molecular weight excluding hydrogens is 334 g/mol. The fourth-order valence-electron chi connectivity index (χ4n) is 2.99. The molecule has 0 spiro atoms. The zero-order chi connectivity index (χ0) is 17.3. The van der Waals surface area contributed by atoms with Gasteiger partial charge in [-0.1, -0.05) is 32.0 Å². The Morgan fingerprint density at radius 1 is 1.46 bits per heavy atom. The quantitative estimate of drug-likeness (QED) is 0.599. The zero-order valence-electron chi connectivity index (χ0n) is 14.1. The van der Waals surface area contributed by atoms with Crippen LogP contribution in [0, 0.1) is 15.5 Å². The van der Waals surface area contributed by atoms with E-state index < -0.39 is 15.9 Å². The minimum absolute atomic E-state index is 0. The van der Waals surface area contributed by atoms with Gasteiger partial charge in [-0.15, -0.1) is 12.4 Å². The molecule has 2 unspecified atom stereocenters. The number of nitro groups is 1. The van der Waals surface area contributed by atoms with Gasteiger partial charge in [0, 0.05) is 36.6 Å². The molecule has 0 heterocycles. The Morgan fingerprint density at radius 2 is 2.08 bits per heavy atom. The Morgan fingerprint density at radius 3 is 2.62 bits per heavy atom. The summed E-state index contributed by atoms with van der Waals surface area (Å²) in [5.74, 6) is -0.309. The van der Waals surface area contributed by atoms with E-state index in [4.69, 9.17) is 10.5 Å². The van der Waals surface area contributed by atoms with Crippen molar-refractivity contribution >= 4 is 24.0 Å². The predicted octanol–water partition coefficient (Wildman–Crippen LogP) is 2.17. The van der Waals surface area contributed by atoms with Gasteiger partial charge in [0.15, 0.2) is 0 Å². The van der Waals surface area contributed by atoms with E-state index in [-0.39, 0.29) is 36.7 Å². The van der Waals surface area contributed by atoms with Crippen LogP contribution in [0.4, 0.5) is 5.69 Å². The van der Waals surface area contributed by atoms with E-state index in [1.54, 1.807) is 18.2 Å². The van der Waals surface area contributed by atoms with Crippen LogP contribution in [0.2, 0.25) is 0 Å².